The first-order valence-corrected chi connectivity index (χ1v) is 11.4. The van der Waals surface area contributed by atoms with E-state index in [0.717, 1.165) is 0 Å². The molecule has 0 saturated heterocycles. The van der Waals surface area contributed by atoms with Gasteiger partial charge in [-0.3, -0.25) is 16.2 Å². The second kappa shape index (κ2) is 12.3. The molecule has 0 radical (unpaired) electrons. The van der Waals surface area contributed by atoms with Gasteiger partial charge in [0.1, 0.15) is 34.8 Å². The van der Waals surface area contributed by atoms with E-state index in [1.165, 1.54) is 0 Å². The number of hydrogen-bond donors (Lipinski definition) is 6. The zero-order valence-electron chi connectivity index (χ0n) is 20.2. The topological polar surface area (TPSA) is 177 Å². The first-order chi connectivity index (χ1) is 17.2. The van der Waals surface area contributed by atoms with Crippen molar-refractivity contribution in [1.82, 2.24) is 0 Å². The largest absolute Gasteiger partial charge is 0.493 e. The quantitative estimate of drug-likeness (QED) is 0.159. The summed E-state index contributed by atoms with van der Waals surface area (Å²) in [6.45, 7) is 3.28. The zero-order chi connectivity index (χ0) is 26.1. The average molecular weight is 489 g/mol. The third-order valence-corrected chi connectivity index (χ3v) is 5.74. The fraction of sp³-hybridized carbons (Fsp3) is 0.222. The normalized spacial score (nSPS) is 12.2. The summed E-state index contributed by atoms with van der Waals surface area (Å²) in [6.07, 6.45) is 0. The molecule has 9 N–H and O–H groups in total. The third kappa shape index (κ3) is 7.49. The summed E-state index contributed by atoms with van der Waals surface area (Å²) in [5, 5.41) is 22.6. The minimum absolute atomic E-state index is 0.00530. The second-order valence-electron chi connectivity index (χ2n) is 8.48. The average Bonchev–Trinajstić information content (AvgIpc) is 2.88. The number of hydrogen-bond acceptors (Lipinski definition) is 6. The van der Waals surface area contributed by atoms with E-state index in [2.05, 4.69) is 6.92 Å². The van der Waals surface area contributed by atoms with Crippen molar-refractivity contribution in [2.75, 3.05) is 19.8 Å². The summed E-state index contributed by atoms with van der Waals surface area (Å²) in [5.74, 6) is 2.11. The Bertz CT molecular complexity index is 1120. The Morgan fingerprint density at radius 1 is 0.556 bits per heavy atom. The lowest BCUT2D eigenvalue weighted by atomic mass is 9.96. The summed E-state index contributed by atoms with van der Waals surface area (Å²) < 4.78 is 18.0. The molecule has 3 aromatic rings. The summed E-state index contributed by atoms with van der Waals surface area (Å²) >= 11 is 0. The molecule has 1 atom stereocenters. The van der Waals surface area contributed by atoms with Crippen LogP contribution in [0.25, 0.3) is 0 Å². The molecule has 3 aromatic carbocycles. The molecule has 0 aliphatic heterocycles. The first-order valence-electron chi connectivity index (χ1n) is 11.4. The van der Waals surface area contributed by atoms with Crippen molar-refractivity contribution in [3.63, 3.8) is 0 Å². The summed E-state index contributed by atoms with van der Waals surface area (Å²) in [7, 11) is 0. The van der Waals surface area contributed by atoms with E-state index in [1.807, 2.05) is 0 Å². The number of nitrogens with two attached hydrogens (primary N) is 3. The highest BCUT2D eigenvalue weighted by molar-refractivity contribution is 5.95. The molecule has 0 fully saturated rings. The third-order valence-electron chi connectivity index (χ3n) is 5.74. The predicted octanol–water partition coefficient (Wildman–Crippen LogP) is 3.33. The van der Waals surface area contributed by atoms with E-state index in [0.29, 0.717) is 53.8 Å². The van der Waals surface area contributed by atoms with Gasteiger partial charge in [-0.15, -0.1) is 0 Å². The highest BCUT2D eigenvalue weighted by Crippen LogP contribution is 2.21. The molecule has 0 saturated carbocycles. The number of nitrogen functional groups attached to an aromatic ring is 3. The van der Waals surface area contributed by atoms with E-state index in [4.69, 9.17) is 47.6 Å². The highest BCUT2D eigenvalue weighted by atomic mass is 16.5. The van der Waals surface area contributed by atoms with Crippen LogP contribution in [0.3, 0.4) is 0 Å². The fourth-order valence-corrected chi connectivity index (χ4v) is 3.34. The van der Waals surface area contributed by atoms with Crippen LogP contribution < -0.4 is 31.4 Å². The van der Waals surface area contributed by atoms with E-state index in [9.17, 15) is 0 Å². The van der Waals surface area contributed by atoms with Crippen LogP contribution in [0.4, 0.5) is 0 Å². The molecule has 9 nitrogen and oxygen atoms in total. The smallest absolute Gasteiger partial charge is 0.122 e. The van der Waals surface area contributed by atoms with Gasteiger partial charge in [-0.2, -0.15) is 0 Å². The van der Waals surface area contributed by atoms with Gasteiger partial charge < -0.3 is 31.4 Å². The molecule has 0 spiro atoms. The van der Waals surface area contributed by atoms with Gasteiger partial charge >= 0.3 is 0 Å². The number of amidine groups is 3. The van der Waals surface area contributed by atoms with Gasteiger partial charge in [-0.05, 0) is 78.7 Å². The van der Waals surface area contributed by atoms with Crippen molar-refractivity contribution < 1.29 is 14.2 Å². The van der Waals surface area contributed by atoms with Gasteiger partial charge in [0.15, 0.2) is 0 Å². The summed E-state index contributed by atoms with van der Waals surface area (Å²) in [5.41, 5.74) is 18.5. The van der Waals surface area contributed by atoms with Crippen molar-refractivity contribution >= 4 is 17.5 Å². The predicted molar refractivity (Wildman–Crippen MR) is 142 cm³/mol. The van der Waals surface area contributed by atoms with Gasteiger partial charge in [0.2, 0.25) is 0 Å². The van der Waals surface area contributed by atoms with Crippen LogP contribution in [0.15, 0.2) is 72.8 Å². The molecule has 1 unspecified atom stereocenters. The Balaban J connectivity index is 1.64. The molecule has 0 aliphatic carbocycles. The Kier molecular flexibility index (Phi) is 8.88. The van der Waals surface area contributed by atoms with Crippen LogP contribution in [-0.4, -0.2) is 37.3 Å². The van der Waals surface area contributed by atoms with E-state index in [1.54, 1.807) is 72.8 Å². The Morgan fingerprint density at radius 2 is 0.833 bits per heavy atom. The Morgan fingerprint density at radius 3 is 1.11 bits per heavy atom. The van der Waals surface area contributed by atoms with Crippen molar-refractivity contribution in [3.8, 4) is 17.2 Å². The summed E-state index contributed by atoms with van der Waals surface area (Å²) in [4.78, 5) is 0. The molecule has 0 amide bonds. The maximum atomic E-state index is 7.53. The van der Waals surface area contributed by atoms with Gasteiger partial charge in [0.25, 0.3) is 0 Å². The number of rotatable bonds is 13. The lowest BCUT2D eigenvalue weighted by Crippen LogP contribution is -2.30. The SMILES string of the molecule is CC(COc1ccc(C(=N)N)cc1)C(COc1ccc(C(=N)N)cc1)COc1ccc(C(=N)N)cc1. The molecule has 0 aliphatic rings. The maximum absolute atomic E-state index is 7.53. The van der Waals surface area contributed by atoms with Crippen LogP contribution in [0, 0.1) is 28.1 Å². The van der Waals surface area contributed by atoms with Gasteiger partial charge in [0.05, 0.1) is 19.8 Å². The van der Waals surface area contributed by atoms with Gasteiger partial charge in [-0.25, -0.2) is 0 Å². The Labute approximate surface area is 210 Å². The first kappa shape index (κ1) is 26.1. The van der Waals surface area contributed by atoms with Gasteiger partial charge in [0, 0.05) is 22.6 Å². The van der Waals surface area contributed by atoms with Crippen LogP contribution in [-0.2, 0) is 0 Å². The van der Waals surface area contributed by atoms with E-state index >= 15 is 0 Å². The molecular weight excluding hydrogens is 456 g/mol. The molecule has 36 heavy (non-hydrogen) atoms. The molecule has 0 bridgehead atoms. The molecule has 188 valence electrons. The number of nitrogens with one attached hydrogen (secondary N) is 3. The standard InChI is InChI=1S/C27H32N6O3/c1-17(14-34-22-8-2-18(3-9-22)25(28)29)21(15-35-23-10-4-19(5-11-23)26(30)31)16-36-24-12-6-20(7-13-24)27(32)33/h2-13,17,21H,14-16H2,1H3,(H3,28,29)(H3,30,31)(H3,32,33). The van der Waals surface area contributed by atoms with E-state index < -0.39 is 0 Å². The van der Waals surface area contributed by atoms with Crippen molar-refractivity contribution in [3.05, 3.63) is 89.5 Å². The van der Waals surface area contributed by atoms with E-state index in [-0.39, 0.29) is 29.3 Å². The lowest BCUT2D eigenvalue weighted by Gasteiger charge is -2.25. The van der Waals surface area contributed by atoms with Crippen LogP contribution in [0.1, 0.15) is 23.6 Å². The molecule has 9 heteroatoms. The maximum Gasteiger partial charge on any atom is 0.122 e. The monoisotopic (exact) mass is 488 g/mol. The van der Waals surface area contributed by atoms with Crippen molar-refractivity contribution in [1.29, 1.82) is 16.2 Å². The molecular formula is C27H32N6O3. The van der Waals surface area contributed by atoms with Gasteiger partial charge in [-0.1, -0.05) is 6.92 Å². The van der Waals surface area contributed by atoms with Crippen molar-refractivity contribution in [2.45, 2.75) is 6.92 Å². The second-order valence-corrected chi connectivity index (χ2v) is 8.48. The zero-order valence-corrected chi connectivity index (χ0v) is 20.2. The van der Waals surface area contributed by atoms with Crippen LogP contribution >= 0.6 is 0 Å². The Hall–Kier alpha value is -4.53. The van der Waals surface area contributed by atoms with Crippen molar-refractivity contribution in [2.24, 2.45) is 29.0 Å². The minimum Gasteiger partial charge on any atom is -0.493 e. The highest BCUT2D eigenvalue weighted by Gasteiger charge is 2.21. The minimum atomic E-state index is -0.0125. The molecule has 3 rings (SSSR count). The number of ether oxygens (including phenoxy) is 3. The summed E-state index contributed by atoms with van der Waals surface area (Å²) in [6, 6.07) is 21.2. The van der Waals surface area contributed by atoms with Crippen LogP contribution in [0.5, 0.6) is 17.2 Å². The van der Waals surface area contributed by atoms with Crippen LogP contribution in [0.2, 0.25) is 0 Å². The fourth-order valence-electron chi connectivity index (χ4n) is 3.34. The lowest BCUT2D eigenvalue weighted by molar-refractivity contribution is 0.106. The molecule has 0 aromatic heterocycles. The molecule has 0 heterocycles. The number of benzene rings is 3.